The number of anilines is 1. The van der Waals surface area contributed by atoms with Crippen molar-refractivity contribution in [3.8, 4) is 0 Å². The average molecular weight is 442 g/mol. The molecule has 2 aromatic heterocycles. The molecule has 1 amide bonds. The Hall–Kier alpha value is -2.48. The van der Waals surface area contributed by atoms with Gasteiger partial charge in [0.2, 0.25) is 0 Å². The maximum absolute atomic E-state index is 13.5. The highest BCUT2D eigenvalue weighted by molar-refractivity contribution is 7.14. The number of amides is 1. The zero-order valence-electron chi connectivity index (χ0n) is 17.4. The highest BCUT2D eigenvalue weighted by Gasteiger charge is 2.40. The number of hydrogen-bond acceptors (Lipinski definition) is 5. The summed E-state index contributed by atoms with van der Waals surface area (Å²) in [5, 5.41) is 13.6. The van der Waals surface area contributed by atoms with Gasteiger partial charge in [0.25, 0.3) is 11.5 Å². The van der Waals surface area contributed by atoms with Gasteiger partial charge in [0.05, 0.1) is 12.1 Å². The number of carboxylic acids is 1. The van der Waals surface area contributed by atoms with E-state index in [1.165, 1.54) is 41.9 Å². The van der Waals surface area contributed by atoms with Crippen LogP contribution in [0.5, 0.6) is 0 Å². The van der Waals surface area contributed by atoms with Crippen LogP contribution in [0.25, 0.3) is 0 Å². The lowest BCUT2D eigenvalue weighted by atomic mass is 9.88. The molecule has 0 spiro atoms. The Labute approximate surface area is 184 Å². The number of carbonyl (C=O) groups is 2. The maximum atomic E-state index is 13.5. The third kappa shape index (κ3) is 3.93. The summed E-state index contributed by atoms with van der Waals surface area (Å²) in [7, 11) is 0. The number of hydrogen-bond donors (Lipinski definition) is 2. The smallest absolute Gasteiger partial charge is 0.309 e. The molecule has 0 radical (unpaired) electrons. The van der Waals surface area contributed by atoms with Crippen LogP contribution in [0.4, 0.5) is 5.13 Å². The van der Waals surface area contributed by atoms with Crippen molar-refractivity contribution < 1.29 is 14.7 Å². The molecule has 0 aliphatic heterocycles. The molecule has 2 bridgehead atoms. The van der Waals surface area contributed by atoms with Gasteiger partial charge in [-0.3, -0.25) is 19.7 Å². The number of rotatable bonds is 6. The Morgan fingerprint density at radius 2 is 1.94 bits per heavy atom. The van der Waals surface area contributed by atoms with Gasteiger partial charge in [-0.2, -0.15) is 0 Å². The topological polar surface area (TPSA) is 101 Å². The fourth-order valence-corrected chi connectivity index (χ4v) is 6.44. The van der Waals surface area contributed by atoms with E-state index in [2.05, 4.69) is 10.3 Å². The molecular formula is C23H27N3O4S. The minimum Gasteiger partial charge on any atom is -0.481 e. The molecular weight excluding hydrogens is 414 g/mol. The number of carboxylic acid groups (broad SMARTS) is 1. The molecule has 2 heterocycles. The molecule has 2 N–H and O–H groups in total. The first-order chi connectivity index (χ1) is 15.0. The van der Waals surface area contributed by atoms with Gasteiger partial charge in [-0.1, -0.05) is 19.3 Å². The lowest BCUT2D eigenvalue weighted by molar-refractivity contribution is -0.136. The van der Waals surface area contributed by atoms with E-state index in [0.717, 1.165) is 32.1 Å². The highest BCUT2D eigenvalue weighted by atomic mass is 32.1. The molecule has 0 unspecified atom stereocenters. The van der Waals surface area contributed by atoms with E-state index in [-0.39, 0.29) is 17.5 Å². The van der Waals surface area contributed by atoms with E-state index in [4.69, 9.17) is 5.11 Å². The Kier molecular flexibility index (Phi) is 5.42. The van der Waals surface area contributed by atoms with E-state index < -0.39 is 11.9 Å². The number of pyridine rings is 1. The summed E-state index contributed by atoms with van der Waals surface area (Å²) < 4.78 is 1.93. The maximum Gasteiger partial charge on any atom is 0.309 e. The Morgan fingerprint density at radius 1 is 1.16 bits per heavy atom. The van der Waals surface area contributed by atoms with Crippen LogP contribution >= 0.6 is 11.3 Å². The largest absolute Gasteiger partial charge is 0.481 e. The monoisotopic (exact) mass is 441 g/mol. The van der Waals surface area contributed by atoms with Crippen molar-refractivity contribution in [2.24, 2.45) is 5.92 Å². The molecule has 7 nitrogen and oxygen atoms in total. The second-order valence-corrected chi connectivity index (χ2v) is 10.1. The summed E-state index contributed by atoms with van der Waals surface area (Å²) in [6, 6.07) is 1.82. The lowest BCUT2D eigenvalue weighted by Gasteiger charge is -2.27. The number of nitrogens with zero attached hydrogens (tertiary/aromatic N) is 2. The number of nitrogens with one attached hydrogen (secondary N) is 1. The minimum absolute atomic E-state index is 0.178. The van der Waals surface area contributed by atoms with Gasteiger partial charge in [-0.15, -0.1) is 11.3 Å². The number of fused-ring (bicyclic) bond motifs is 5. The standard InChI is InChI=1S/C23H27N3O4S/c27-19(28)9-16-12-31-23(24-16)25-21(29)18-10-17-14-6-7-15(8-14)20(17)26(22(18)30)11-13-4-2-1-3-5-13/h10,12-15H,1-9,11H2,(H,27,28)(H,24,25,29)/t14-,15+/m1/s1. The second kappa shape index (κ2) is 8.22. The van der Waals surface area contributed by atoms with Gasteiger partial charge in [0.15, 0.2) is 5.13 Å². The van der Waals surface area contributed by atoms with Crippen LogP contribution < -0.4 is 10.9 Å². The summed E-state index contributed by atoms with van der Waals surface area (Å²) in [5.41, 5.74) is 2.74. The molecule has 3 aliphatic rings. The SMILES string of the molecule is O=C(O)Cc1csc(NC(=O)c2cc3c(n(CC4CCCCC4)c2=O)[C@H]2CC[C@@H]3C2)n1. The first kappa shape index (κ1) is 20.4. The molecule has 31 heavy (non-hydrogen) atoms. The Morgan fingerprint density at radius 3 is 2.71 bits per heavy atom. The van der Waals surface area contributed by atoms with Gasteiger partial charge in [-0.25, -0.2) is 4.98 Å². The van der Waals surface area contributed by atoms with E-state index in [1.54, 1.807) is 5.38 Å². The molecule has 2 fully saturated rings. The summed E-state index contributed by atoms with van der Waals surface area (Å²) >= 11 is 1.18. The molecule has 3 aliphatic carbocycles. The second-order valence-electron chi connectivity index (χ2n) is 9.19. The van der Waals surface area contributed by atoms with Crippen molar-refractivity contribution in [3.05, 3.63) is 44.3 Å². The Bertz CT molecular complexity index is 1080. The average Bonchev–Trinajstić information content (AvgIpc) is 3.47. The number of carbonyl (C=O) groups excluding carboxylic acids is 1. The van der Waals surface area contributed by atoms with E-state index >= 15 is 0 Å². The predicted molar refractivity (Wildman–Crippen MR) is 118 cm³/mol. The predicted octanol–water partition coefficient (Wildman–Crippen LogP) is 4.13. The first-order valence-electron chi connectivity index (χ1n) is 11.2. The number of thiazole rings is 1. The molecule has 0 saturated heterocycles. The normalized spacial score (nSPS) is 22.5. The fraction of sp³-hybridized carbons (Fsp3) is 0.565. The molecule has 164 valence electrons. The van der Waals surface area contributed by atoms with Crippen LogP contribution in [-0.2, 0) is 17.8 Å². The van der Waals surface area contributed by atoms with Gasteiger partial charge < -0.3 is 9.67 Å². The van der Waals surface area contributed by atoms with E-state index in [1.807, 2.05) is 10.6 Å². The van der Waals surface area contributed by atoms with Crippen LogP contribution in [0.15, 0.2) is 16.2 Å². The third-order valence-electron chi connectivity index (χ3n) is 7.14. The third-order valence-corrected chi connectivity index (χ3v) is 7.94. The van der Waals surface area contributed by atoms with Crippen LogP contribution in [0, 0.1) is 5.92 Å². The highest BCUT2D eigenvalue weighted by Crippen LogP contribution is 2.52. The summed E-state index contributed by atoms with van der Waals surface area (Å²) in [6.07, 6.45) is 9.18. The lowest BCUT2D eigenvalue weighted by Crippen LogP contribution is -2.34. The van der Waals surface area contributed by atoms with Crippen LogP contribution in [0.3, 0.4) is 0 Å². The molecule has 8 heteroatoms. The summed E-state index contributed by atoms with van der Waals surface area (Å²) in [5.74, 6) is -0.0186. The van der Waals surface area contributed by atoms with Crippen LogP contribution in [-0.4, -0.2) is 26.5 Å². The molecule has 2 atom stereocenters. The van der Waals surface area contributed by atoms with Crippen molar-refractivity contribution in [1.82, 2.24) is 9.55 Å². The van der Waals surface area contributed by atoms with Gasteiger partial charge >= 0.3 is 5.97 Å². The molecule has 0 aromatic carbocycles. The fourth-order valence-electron chi connectivity index (χ4n) is 5.73. The zero-order chi connectivity index (χ0) is 21.5. The van der Waals surface area contributed by atoms with Gasteiger partial charge in [0, 0.05) is 23.5 Å². The van der Waals surface area contributed by atoms with E-state index in [0.29, 0.717) is 35.1 Å². The minimum atomic E-state index is -0.970. The van der Waals surface area contributed by atoms with Crippen molar-refractivity contribution in [2.45, 2.75) is 76.2 Å². The van der Waals surface area contributed by atoms with Crippen LogP contribution in [0.2, 0.25) is 0 Å². The van der Waals surface area contributed by atoms with E-state index in [9.17, 15) is 14.4 Å². The molecule has 2 aromatic rings. The van der Waals surface area contributed by atoms with Crippen molar-refractivity contribution in [1.29, 1.82) is 0 Å². The van der Waals surface area contributed by atoms with Crippen molar-refractivity contribution in [2.75, 3.05) is 5.32 Å². The number of aliphatic carboxylic acids is 1. The Balaban J connectivity index is 1.46. The summed E-state index contributed by atoms with van der Waals surface area (Å²) in [4.78, 5) is 41.6. The molecule has 2 saturated carbocycles. The van der Waals surface area contributed by atoms with Crippen molar-refractivity contribution in [3.63, 3.8) is 0 Å². The first-order valence-corrected chi connectivity index (χ1v) is 12.1. The molecule has 5 rings (SSSR count). The van der Waals surface area contributed by atoms with Crippen molar-refractivity contribution >= 4 is 28.3 Å². The number of aromatic nitrogens is 2. The van der Waals surface area contributed by atoms with Gasteiger partial charge in [-0.05, 0) is 55.6 Å². The zero-order valence-corrected chi connectivity index (χ0v) is 18.2. The summed E-state index contributed by atoms with van der Waals surface area (Å²) in [6.45, 7) is 0.714. The van der Waals surface area contributed by atoms with Crippen LogP contribution in [0.1, 0.15) is 90.5 Å². The van der Waals surface area contributed by atoms with Gasteiger partial charge in [0.1, 0.15) is 5.56 Å². The quantitative estimate of drug-likeness (QED) is 0.702.